The van der Waals surface area contributed by atoms with E-state index in [9.17, 15) is 9.59 Å². The van der Waals surface area contributed by atoms with Crippen LogP contribution in [-0.4, -0.2) is 29.2 Å². The molecule has 16 heavy (non-hydrogen) atoms. The number of ketones is 1. The summed E-state index contributed by atoms with van der Waals surface area (Å²) in [4.78, 5) is 25.1. The average molecular weight is 221 g/mol. The molecule has 0 aromatic heterocycles. The zero-order valence-corrected chi connectivity index (χ0v) is 10.0. The molecule has 88 valence electrons. The highest BCUT2D eigenvalue weighted by Gasteiger charge is 2.59. The van der Waals surface area contributed by atoms with E-state index in [1.807, 2.05) is 4.90 Å². The van der Waals surface area contributed by atoms with E-state index in [1.165, 1.54) is 25.7 Å². The lowest BCUT2D eigenvalue weighted by Crippen LogP contribution is -2.41. The maximum Gasteiger partial charge on any atom is 0.220 e. The van der Waals surface area contributed by atoms with Crippen molar-refractivity contribution in [3.8, 4) is 0 Å². The summed E-state index contributed by atoms with van der Waals surface area (Å²) in [5.41, 5.74) is 0.589. The monoisotopic (exact) mass is 221 g/mol. The number of Topliss-reactive ketones (excluding diaryl/α,β-unsaturated/α-hetero) is 1. The largest absolute Gasteiger partial charge is 0.332 e. The van der Waals surface area contributed by atoms with Crippen LogP contribution in [0.2, 0.25) is 0 Å². The Morgan fingerprint density at radius 1 is 1.19 bits per heavy atom. The van der Waals surface area contributed by atoms with Gasteiger partial charge in [-0.05, 0) is 49.9 Å². The van der Waals surface area contributed by atoms with Crippen LogP contribution in [0.25, 0.3) is 0 Å². The fourth-order valence-electron chi connectivity index (χ4n) is 4.05. The van der Waals surface area contributed by atoms with Crippen LogP contribution in [-0.2, 0) is 9.59 Å². The zero-order chi connectivity index (χ0) is 11.5. The molecular weight excluding hydrogens is 202 g/mol. The number of fused-ring (bicyclic) bond motifs is 1. The van der Waals surface area contributed by atoms with Gasteiger partial charge < -0.3 is 4.90 Å². The topological polar surface area (TPSA) is 37.4 Å². The third-order valence-electron chi connectivity index (χ3n) is 4.92. The molecule has 1 amide bonds. The number of hydrogen-bond donors (Lipinski definition) is 0. The first-order chi connectivity index (χ1) is 7.52. The van der Waals surface area contributed by atoms with Gasteiger partial charge in [-0.3, -0.25) is 9.59 Å². The van der Waals surface area contributed by atoms with Crippen molar-refractivity contribution in [2.45, 2.75) is 45.6 Å². The first kappa shape index (κ1) is 10.3. The van der Waals surface area contributed by atoms with Gasteiger partial charge in [0.1, 0.15) is 0 Å². The van der Waals surface area contributed by atoms with Crippen LogP contribution >= 0.6 is 0 Å². The maximum absolute atomic E-state index is 11.7. The first-order valence-electron chi connectivity index (χ1n) is 6.30. The van der Waals surface area contributed by atoms with Crippen LogP contribution in [0.3, 0.4) is 0 Å². The Labute approximate surface area is 96.2 Å². The molecule has 3 aliphatic rings. The molecule has 3 rings (SSSR count). The Morgan fingerprint density at radius 2 is 1.88 bits per heavy atom. The second kappa shape index (κ2) is 3.08. The number of amides is 1. The van der Waals surface area contributed by atoms with Crippen molar-refractivity contribution in [2.75, 3.05) is 6.54 Å². The number of rotatable bonds is 1. The van der Waals surface area contributed by atoms with Gasteiger partial charge in [0.2, 0.25) is 5.91 Å². The van der Waals surface area contributed by atoms with Crippen molar-refractivity contribution < 1.29 is 9.59 Å². The summed E-state index contributed by atoms with van der Waals surface area (Å²) in [6.45, 7) is 4.05. The fraction of sp³-hybridized carbons (Fsp3) is 0.846. The normalized spacial score (nSPS) is 38.9. The molecule has 1 saturated heterocycles. The summed E-state index contributed by atoms with van der Waals surface area (Å²) in [7, 11) is 0. The van der Waals surface area contributed by atoms with Gasteiger partial charge in [-0.15, -0.1) is 0 Å². The molecule has 0 aromatic rings. The third-order valence-corrected chi connectivity index (χ3v) is 4.92. The van der Waals surface area contributed by atoms with Crippen LogP contribution in [0.4, 0.5) is 0 Å². The van der Waals surface area contributed by atoms with E-state index >= 15 is 0 Å². The Bertz CT molecular complexity index is 359. The molecule has 3 heteroatoms. The summed E-state index contributed by atoms with van der Waals surface area (Å²) in [6, 6.07) is -0.109. The Hall–Kier alpha value is -0.860. The van der Waals surface area contributed by atoms with Crippen LogP contribution in [0.1, 0.15) is 39.5 Å². The third kappa shape index (κ3) is 1.33. The molecule has 0 N–H and O–H groups in total. The summed E-state index contributed by atoms with van der Waals surface area (Å²) in [5, 5.41) is 0. The highest BCUT2D eigenvalue weighted by molar-refractivity contribution is 5.87. The summed E-state index contributed by atoms with van der Waals surface area (Å²) in [5.74, 6) is 1.31. The second-order valence-corrected chi connectivity index (χ2v) is 6.06. The number of nitrogens with zero attached hydrogens (tertiary/aromatic N) is 1. The molecule has 0 radical (unpaired) electrons. The summed E-state index contributed by atoms with van der Waals surface area (Å²) in [6.07, 6.45) is 5.15. The molecule has 3 atom stereocenters. The smallest absolute Gasteiger partial charge is 0.220 e. The van der Waals surface area contributed by atoms with Crippen molar-refractivity contribution in [1.29, 1.82) is 0 Å². The van der Waals surface area contributed by atoms with Crippen LogP contribution < -0.4 is 0 Å². The van der Waals surface area contributed by atoms with Gasteiger partial charge in [0.05, 0.1) is 6.04 Å². The van der Waals surface area contributed by atoms with Crippen LogP contribution in [0.15, 0.2) is 0 Å². The van der Waals surface area contributed by atoms with E-state index in [1.54, 1.807) is 13.8 Å². The van der Waals surface area contributed by atoms with Gasteiger partial charge >= 0.3 is 0 Å². The van der Waals surface area contributed by atoms with Crippen LogP contribution in [0, 0.1) is 17.3 Å². The number of hydrogen-bond acceptors (Lipinski definition) is 2. The first-order valence-corrected chi connectivity index (χ1v) is 6.30. The van der Waals surface area contributed by atoms with E-state index in [-0.39, 0.29) is 17.7 Å². The maximum atomic E-state index is 11.7. The molecule has 2 saturated carbocycles. The fourth-order valence-corrected chi connectivity index (χ4v) is 4.05. The second-order valence-electron chi connectivity index (χ2n) is 6.06. The molecule has 1 heterocycles. The quantitative estimate of drug-likeness (QED) is 0.674. The van der Waals surface area contributed by atoms with Crippen molar-refractivity contribution in [1.82, 2.24) is 4.90 Å². The number of carbonyl (C=O) groups is 2. The van der Waals surface area contributed by atoms with Crippen molar-refractivity contribution in [3.05, 3.63) is 0 Å². The summed E-state index contributed by atoms with van der Waals surface area (Å²) >= 11 is 0. The lowest BCUT2D eigenvalue weighted by Gasteiger charge is -2.25. The molecule has 3 nitrogen and oxygen atoms in total. The minimum absolute atomic E-state index is 0.0689. The average Bonchev–Trinajstić information content (AvgIpc) is 2.65. The molecule has 1 spiro atoms. The number of carbonyl (C=O) groups excluding carboxylic acids is 2. The predicted molar refractivity (Wildman–Crippen MR) is 59.7 cm³/mol. The molecule has 2 unspecified atom stereocenters. The van der Waals surface area contributed by atoms with Crippen molar-refractivity contribution in [3.63, 3.8) is 0 Å². The van der Waals surface area contributed by atoms with Gasteiger partial charge in [0, 0.05) is 13.5 Å². The lowest BCUT2D eigenvalue weighted by molar-refractivity contribution is -0.136. The van der Waals surface area contributed by atoms with Gasteiger partial charge in [-0.1, -0.05) is 0 Å². The SMILES string of the molecule is CC(=O)[C@@H]1C2CC3(CC3)CC2CN1C(C)=O. The molecule has 2 aliphatic carbocycles. The van der Waals surface area contributed by atoms with Gasteiger partial charge in [0.25, 0.3) is 0 Å². The van der Waals surface area contributed by atoms with Gasteiger partial charge in [-0.2, -0.15) is 0 Å². The lowest BCUT2D eigenvalue weighted by atomic mass is 9.91. The molecule has 0 bridgehead atoms. The number of likely N-dealkylation sites (tertiary alicyclic amines) is 1. The highest BCUT2D eigenvalue weighted by atomic mass is 16.2. The minimum Gasteiger partial charge on any atom is -0.332 e. The Kier molecular flexibility index (Phi) is 1.99. The molecule has 1 aliphatic heterocycles. The Balaban J connectivity index is 1.85. The van der Waals surface area contributed by atoms with Crippen LogP contribution in [0.5, 0.6) is 0 Å². The summed E-state index contributed by atoms with van der Waals surface area (Å²) < 4.78 is 0. The van der Waals surface area contributed by atoms with Crippen molar-refractivity contribution in [2.24, 2.45) is 17.3 Å². The predicted octanol–water partition coefficient (Wildman–Crippen LogP) is 1.61. The van der Waals surface area contributed by atoms with Crippen molar-refractivity contribution >= 4 is 11.7 Å². The van der Waals surface area contributed by atoms with E-state index in [0.717, 1.165) is 6.54 Å². The zero-order valence-electron chi connectivity index (χ0n) is 10.0. The molecule has 0 aromatic carbocycles. The molecule has 3 fully saturated rings. The minimum atomic E-state index is -0.109. The van der Waals surface area contributed by atoms with E-state index in [0.29, 0.717) is 17.3 Å². The highest BCUT2D eigenvalue weighted by Crippen LogP contribution is 2.64. The van der Waals surface area contributed by atoms with Gasteiger partial charge in [0.15, 0.2) is 5.78 Å². The van der Waals surface area contributed by atoms with E-state index in [2.05, 4.69) is 0 Å². The molecular formula is C13H19NO2. The van der Waals surface area contributed by atoms with Gasteiger partial charge in [-0.25, -0.2) is 0 Å². The van der Waals surface area contributed by atoms with E-state index in [4.69, 9.17) is 0 Å². The standard InChI is InChI=1S/C13H19NO2/c1-8(15)12-11-6-13(3-4-13)5-10(11)7-14(12)9(2)16/h10-12H,3-7H2,1-2H3/t10?,11?,12-/m1/s1. The Morgan fingerprint density at radius 3 is 2.38 bits per heavy atom. The van der Waals surface area contributed by atoms with E-state index < -0.39 is 0 Å².